The first-order valence-electron chi connectivity index (χ1n) is 13.9. The minimum atomic E-state index is -4.42. The highest BCUT2D eigenvalue weighted by Gasteiger charge is 2.30. The van der Waals surface area contributed by atoms with Crippen molar-refractivity contribution in [2.45, 2.75) is 12.4 Å². The minimum absolute atomic E-state index is 0.168. The van der Waals surface area contributed by atoms with Crippen molar-refractivity contribution in [3.8, 4) is 11.5 Å². The van der Waals surface area contributed by atoms with Crippen molar-refractivity contribution >= 4 is 34.5 Å². The number of benzene rings is 3. The van der Waals surface area contributed by atoms with Crippen molar-refractivity contribution < 1.29 is 45.4 Å². The lowest BCUT2D eigenvalue weighted by Crippen LogP contribution is -2.30. The van der Waals surface area contributed by atoms with Gasteiger partial charge in [-0.2, -0.15) is 26.3 Å². The first-order valence-corrected chi connectivity index (χ1v) is 13.9. The second-order valence-corrected chi connectivity index (χ2v) is 10.5. The third-order valence-electron chi connectivity index (χ3n) is 6.48. The molecule has 47 heavy (non-hydrogen) atoms. The first kappa shape index (κ1) is 36.5. The van der Waals surface area contributed by atoms with E-state index in [-0.39, 0.29) is 24.7 Å². The number of carbonyl (C=O) groups is 2. The molecule has 3 N–H and O–H groups in total. The monoisotopic (exact) mass is 668 g/mol. The molecule has 0 aliphatic heterocycles. The third kappa shape index (κ3) is 11.1. The number of rotatable bonds is 11. The van der Waals surface area contributed by atoms with Crippen LogP contribution in [0.4, 0.5) is 38.0 Å². The number of hydrogen-bond donors (Lipinski definition) is 2. The fourth-order valence-electron chi connectivity index (χ4n) is 4.03. The minimum Gasteiger partial charge on any atom is -0.484 e. The molecule has 0 saturated heterocycles. The van der Waals surface area contributed by atoms with Gasteiger partial charge < -0.3 is 34.9 Å². The van der Waals surface area contributed by atoms with Crippen molar-refractivity contribution in [2.75, 3.05) is 57.7 Å². The number of hydrogen-bond acceptors (Lipinski definition) is 7. The number of likely N-dealkylation sites (N-methyl/N-ethyl adjacent to an activating group) is 2. The predicted molar refractivity (Wildman–Crippen MR) is 164 cm³/mol. The van der Waals surface area contributed by atoms with Crippen LogP contribution in [0.3, 0.4) is 0 Å². The average Bonchev–Trinajstić information content (AvgIpc) is 3.33. The molecule has 0 bridgehead atoms. The summed E-state index contributed by atoms with van der Waals surface area (Å²) in [5, 5.41) is 2.74. The van der Waals surface area contributed by atoms with E-state index in [9.17, 15) is 35.9 Å². The van der Waals surface area contributed by atoms with Crippen LogP contribution in [-0.4, -0.2) is 73.7 Å². The molecule has 0 saturated carbocycles. The van der Waals surface area contributed by atoms with Crippen LogP contribution in [-0.2, 0) is 29.0 Å². The summed E-state index contributed by atoms with van der Waals surface area (Å²) in [7, 11) is 7.92. The van der Waals surface area contributed by atoms with E-state index >= 15 is 0 Å². The van der Waals surface area contributed by atoms with Crippen molar-refractivity contribution in [3.63, 3.8) is 0 Å². The largest absolute Gasteiger partial charge is 0.484 e. The molecular weight excluding hydrogens is 634 g/mol. The average molecular weight is 669 g/mol. The van der Waals surface area contributed by atoms with Gasteiger partial charge in [-0.25, -0.2) is 4.98 Å². The van der Waals surface area contributed by atoms with Crippen LogP contribution < -0.4 is 25.4 Å². The third-order valence-corrected chi connectivity index (χ3v) is 6.48. The number of nitrogens with two attached hydrogens (primary N) is 1. The zero-order valence-electron chi connectivity index (χ0n) is 25.9. The molecule has 2 amide bonds. The summed E-state index contributed by atoms with van der Waals surface area (Å²) in [5.41, 5.74) is 5.49. The number of amides is 2. The number of aromatic nitrogens is 2. The van der Waals surface area contributed by atoms with Crippen LogP contribution in [0.5, 0.6) is 11.5 Å². The Hall–Kier alpha value is -4.99. The summed E-state index contributed by atoms with van der Waals surface area (Å²) < 4.78 is 86.2. The van der Waals surface area contributed by atoms with Crippen LogP contribution >= 0.6 is 0 Å². The Labute approximate surface area is 266 Å². The summed E-state index contributed by atoms with van der Waals surface area (Å²) in [6.45, 7) is 1.02. The van der Waals surface area contributed by atoms with Gasteiger partial charge in [0.05, 0.1) is 22.2 Å². The van der Waals surface area contributed by atoms with Gasteiger partial charge in [-0.3, -0.25) is 9.59 Å². The van der Waals surface area contributed by atoms with Gasteiger partial charge in [0.25, 0.3) is 11.8 Å². The van der Waals surface area contributed by atoms with E-state index in [0.29, 0.717) is 5.69 Å². The second-order valence-electron chi connectivity index (χ2n) is 10.5. The number of primary amides is 1. The lowest BCUT2D eigenvalue weighted by atomic mass is 10.2. The molecule has 3 aromatic carbocycles. The number of nitrogens with one attached hydrogen (secondary N) is 1. The van der Waals surface area contributed by atoms with E-state index in [1.54, 1.807) is 6.07 Å². The highest BCUT2D eigenvalue weighted by Crippen LogP contribution is 2.31. The number of fused-ring (bicyclic) bond motifs is 1. The Balaban J connectivity index is 0.000000335. The van der Waals surface area contributed by atoms with E-state index in [4.69, 9.17) is 15.2 Å². The Morgan fingerprint density at radius 3 is 1.79 bits per heavy atom. The molecule has 4 aromatic rings. The molecule has 1 aromatic heterocycles. The number of halogens is 6. The van der Waals surface area contributed by atoms with Crippen molar-refractivity contribution in [1.82, 2.24) is 14.5 Å². The molecule has 4 rings (SSSR count). The Morgan fingerprint density at radius 1 is 0.809 bits per heavy atom. The predicted octanol–water partition coefficient (Wildman–Crippen LogP) is 5.18. The number of imidazole rings is 1. The lowest BCUT2D eigenvalue weighted by molar-refractivity contribution is -0.138. The Kier molecular flexibility index (Phi) is 12.1. The maximum Gasteiger partial charge on any atom is 0.416 e. The molecule has 0 aliphatic carbocycles. The van der Waals surface area contributed by atoms with Crippen molar-refractivity contribution in [3.05, 3.63) is 77.9 Å². The van der Waals surface area contributed by atoms with E-state index < -0.39 is 35.3 Å². The SMILES string of the molecule is CN(C)CCN(C)c1nc2ccc(NC(=O)COc3ccc(C(F)(F)F)cc3)cc2n1C.NC(=O)COc1ccc(C(F)(F)F)cc1. The standard InChI is InChI=1S/C22H26F3N5O2.C9H8F3NO2/c1-28(2)11-12-29(3)21-27-18-10-7-16(13-19(18)30(21)4)26-20(31)14-32-17-8-5-15(6-9-17)22(23,24)25;10-9(11,12)6-1-3-7(4-2-6)15-5-8(13)14/h5-10,13H,11-12,14H2,1-4H3,(H,26,31);1-4H,5H2,(H2,13,14). The molecular formula is C31H34F6N6O4. The quantitative estimate of drug-likeness (QED) is 0.212. The van der Waals surface area contributed by atoms with Gasteiger partial charge in [0.2, 0.25) is 5.95 Å². The van der Waals surface area contributed by atoms with Crippen LogP contribution in [0.2, 0.25) is 0 Å². The molecule has 1 heterocycles. The molecule has 0 fully saturated rings. The first-order chi connectivity index (χ1) is 21.9. The highest BCUT2D eigenvalue weighted by atomic mass is 19.4. The summed E-state index contributed by atoms with van der Waals surface area (Å²) in [6.07, 6.45) is -8.79. The summed E-state index contributed by atoms with van der Waals surface area (Å²) in [5.74, 6) is 0.0584. The van der Waals surface area contributed by atoms with Gasteiger partial charge in [-0.15, -0.1) is 0 Å². The zero-order valence-corrected chi connectivity index (χ0v) is 25.9. The number of alkyl halides is 6. The summed E-state index contributed by atoms with van der Waals surface area (Å²) in [4.78, 5) is 31.4. The number of nitrogens with zero attached hydrogens (tertiary/aromatic N) is 4. The number of anilines is 2. The number of ether oxygens (including phenoxy) is 2. The fraction of sp³-hybridized carbons (Fsp3) is 0.323. The van der Waals surface area contributed by atoms with Gasteiger partial charge in [-0.1, -0.05) is 0 Å². The molecule has 10 nitrogen and oxygen atoms in total. The Bertz CT molecular complexity index is 1640. The van der Waals surface area contributed by atoms with E-state index in [0.717, 1.165) is 66.5 Å². The normalized spacial score (nSPS) is 11.6. The summed E-state index contributed by atoms with van der Waals surface area (Å²) in [6, 6.07) is 13.6. The van der Waals surface area contributed by atoms with Crippen molar-refractivity contribution in [2.24, 2.45) is 12.8 Å². The van der Waals surface area contributed by atoms with E-state index in [2.05, 4.69) is 20.1 Å². The maximum absolute atomic E-state index is 12.6. The molecule has 0 aliphatic rings. The summed E-state index contributed by atoms with van der Waals surface area (Å²) >= 11 is 0. The van der Waals surface area contributed by atoms with Crippen LogP contribution in [0.25, 0.3) is 11.0 Å². The van der Waals surface area contributed by atoms with Crippen molar-refractivity contribution in [1.29, 1.82) is 0 Å². The number of aryl methyl sites for hydroxylation is 1. The fourth-order valence-corrected chi connectivity index (χ4v) is 4.03. The highest BCUT2D eigenvalue weighted by molar-refractivity contribution is 5.94. The van der Waals surface area contributed by atoms with Gasteiger partial charge in [0.1, 0.15) is 11.5 Å². The number of carbonyl (C=O) groups excluding carboxylic acids is 2. The maximum atomic E-state index is 12.6. The van der Waals surface area contributed by atoms with E-state index in [1.807, 2.05) is 44.9 Å². The van der Waals surface area contributed by atoms with Gasteiger partial charge in [-0.05, 0) is 80.8 Å². The smallest absolute Gasteiger partial charge is 0.416 e. The zero-order chi connectivity index (χ0) is 34.9. The van der Waals surface area contributed by atoms with Crippen LogP contribution in [0.15, 0.2) is 66.7 Å². The van der Waals surface area contributed by atoms with E-state index in [1.165, 1.54) is 12.1 Å². The second kappa shape index (κ2) is 15.5. The molecule has 254 valence electrons. The van der Waals surface area contributed by atoms with Gasteiger partial charge in [0.15, 0.2) is 13.2 Å². The lowest BCUT2D eigenvalue weighted by Gasteiger charge is -2.20. The topological polar surface area (TPSA) is 115 Å². The molecule has 0 atom stereocenters. The molecule has 0 radical (unpaired) electrons. The Morgan fingerprint density at radius 2 is 1.32 bits per heavy atom. The van der Waals surface area contributed by atoms with Gasteiger partial charge in [0, 0.05) is 32.9 Å². The molecule has 0 spiro atoms. The van der Waals surface area contributed by atoms with Crippen LogP contribution in [0.1, 0.15) is 11.1 Å². The molecule has 0 unspecified atom stereocenters. The molecule has 16 heteroatoms. The van der Waals surface area contributed by atoms with Gasteiger partial charge >= 0.3 is 12.4 Å². The van der Waals surface area contributed by atoms with Crippen LogP contribution in [0, 0.1) is 0 Å².